The van der Waals surface area contributed by atoms with Crippen molar-refractivity contribution in [1.82, 2.24) is 19.4 Å². The fraction of sp³-hybridized carbons (Fsp3) is 0.355. The maximum absolute atomic E-state index is 14.2. The number of fused-ring (bicyclic) bond motifs is 2. The van der Waals surface area contributed by atoms with Crippen LogP contribution in [0.4, 0.5) is 4.39 Å². The second kappa shape index (κ2) is 10.3. The summed E-state index contributed by atoms with van der Waals surface area (Å²) >= 11 is 0. The van der Waals surface area contributed by atoms with Crippen LogP contribution in [0, 0.1) is 29.0 Å². The molecule has 3 aliphatic rings. The predicted molar refractivity (Wildman–Crippen MR) is 146 cm³/mol. The number of hydrogen-bond donors (Lipinski definition) is 1. The van der Waals surface area contributed by atoms with Crippen molar-refractivity contribution in [3.63, 3.8) is 0 Å². The highest BCUT2D eigenvalue weighted by atomic mass is 19.1. The van der Waals surface area contributed by atoms with Crippen molar-refractivity contribution in [3.8, 4) is 11.9 Å². The Balaban J connectivity index is 1.01. The first-order valence-corrected chi connectivity index (χ1v) is 13.8. The Hall–Kier alpha value is -4.33. The number of aromatic nitrogens is 3. The number of rotatable bonds is 9. The van der Waals surface area contributed by atoms with E-state index >= 15 is 0 Å². The minimum absolute atomic E-state index is 0.0418. The van der Waals surface area contributed by atoms with Gasteiger partial charge in [-0.2, -0.15) is 5.26 Å². The number of nitriles is 1. The van der Waals surface area contributed by atoms with Crippen LogP contribution < -0.4 is 4.74 Å². The molecule has 0 spiro atoms. The number of benzene rings is 2. The van der Waals surface area contributed by atoms with Crippen LogP contribution in [0.25, 0.3) is 11.0 Å². The molecule has 0 bridgehead atoms. The lowest BCUT2D eigenvalue weighted by molar-refractivity contribution is -0.0591. The van der Waals surface area contributed by atoms with Crippen molar-refractivity contribution in [1.29, 1.82) is 5.26 Å². The second-order valence-electron chi connectivity index (χ2n) is 11.1. The van der Waals surface area contributed by atoms with E-state index in [1.807, 2.05) is 18.2 Å². The Morgan fingerprint density at radius 2 is 1.98 bits per heavy atom. The van der Waals surface area contributed by atoms with Crippen LogP contribution in [-0.2, 0) is 24.4 Å². The van der Waals surface area contributed by atoms with Crippen molar-refractivity contribution >= 4 is 17.0 Å². The Kier molecular flexibility index (Phi) is 6.41. The molecule has 2 aliphatic heterocycles. The van der Waals surface area contributed by atoms with Gasteiger partial charge in [0.05, 0.1) is 47.4 Å². The van der Waals surface area contributed by atoms with E-state index in [0.717, 1.165) is 48.7 Å². The summed E-state index contributed by atoms with van der Waals surface area (Å²) in [7, 11) is 0. The zero-order valence-corrected chi connectivity index (χ0v) is 22.2. The van der Waals surface area contributed by atoms with Crippen LogP contribution in [-0.4, -0.2) is 56.3 Å². The van der Waals surface area contributed by atoms with Crippen LogP contribution in [0.15, 0.2) is 54.6 Å². The molecular formula is C31H28FN5O4. The molecule has 4 aromatic rings. The molecule has 7 rings (SSSR count). The summed E-state index contributed by atoms with van der Waals surface area (Å²) in [4.78, 5) is 23.6. The number of imidazole rings is 1. The molecule has 2 saturated heterocycles. The van der Waals surface area contributed by atoms with E-state index < -0.39 is 11.8 Å². The summed E-state index contributed by atoms with van der Waals surface area (Å²) < 4.78 is 27.8. The molecule has 41 heavy (non-hydrogen) atoms. The number of ether oxygens (including phenoxy) is 2. The lowest BCUT2D eigenvalue weighted by Crippen LogP contribution is -2.33. The van der Waals surface area contributed by atoms with Gasteiger partial charge >= 0.3 is 5.97 Å². The predicted octanol–water partition coefficient (Wildman–Crippen LogP) is 4.35. The number of pyridine rings is 1. The molecule has 9 nitrogen and oxygen atoms in total. The van der Waals surface area contributed by atoms with Gasteiger partial charge in [0.1, 0.15) is 18.2 Å². The maximum Gasteiger partial charge on any atom is 0.335 e. The third-order valence-corrected chi connectivity index (χ3v) is 8.53. The number of hydrogen-bond acceptors (Lipinski definition) is 7. The number of carboxylic acid groups (broad SMARTS) is 1. The van der Waals surface area contributed by atoms with Crippen LogP contribution in [0.1, 0.15) is 45.3 Å². The smallest absolute Gasteiger partial charge is 0.335 e. The average molecular weight is 554 g/mol. The zero-order valence-electron chi connectivity index (χ0n) is 22.2. The Morgan fingerprint density at radius 3 is 2.68 bits per heavy atom. The highest BCUT2D eigenvalue weighted by Gasteiger charge is 2.57. The summed E-state index contributed by atoms with van der Waals surface area (Å²) in [6, 6.07) is 17.1. The van der Waals surface area contributed by atoms with E-state index in [2.05, 4.69) is 9.47 Å². The number of likely N-dealkylation sites (tertiary alicyclic amines) is 1. The van der Waals surface area contributed by atoms with Crippen molar-refractivity contribution < 1.29 is 23.8 Å². The van der Waals surface area contributed by atoms with E-state index in [0.29, 0.717) is 42.3 Å². The van der Waals surface area contributed by atoms with Gasteiger partial charge in [0.25, 0.3) is 0 Å². The molecule has 1 N–H and O–H groups in total. The number of halogens is 1. The van der Waals surface area contributed by atoms with Gasteiger partial charge < -0.3 is 19.1 Å². The summed E-state index contributed by atoms with van der Waals surface area (Å²) in [6.45, 7) is 4.03. The largest absolute Gasteiger partial charge is 0.478 e. The quantitative estimate of drug-likeness (QED) is 0.326. The standard InChI is InChI=1S/C31H28FN5O4/c32-24-10-18(12-33)4-5-20(24)17-41-29-3-1-2-26(35-29)30-22-14-36(15-23(22)30)16-28-34-25-7-6-19(31(38)39)11-27(25)37(28)13-21-8-9-40-21/h1-7,10-11,21-23,30H,8-9,13-17H2,(H,38,39)/t21-,22-,23+,30?/m0/s1. The monoisotopic (exact) mass is 553 g/mol. The fourth-order valence-electron chi connectivity index (χ4n) is 6.23. The number of nitrogens with zero attached hydrogens (tertiary/aromatic N) is 5. The molecule has 0 radical (unpaired) electrons. The molecule has 4 atom stereocenters. The molecule has 3 fully saturated rings. The molecule has 10 heteroatoms. The molecule has 208 valence electrons. The molecule has 1 unspecified atom stereocenters. The van der Waals surface area contributed by atoms with Crippen molar-refractivity contribution in [2.45, 2.75) is 38.1 Å². The minimum atomic E-state index is -0.948. The maximum atomic E-state index is 14.2. The number of carboxylic acids is 1. The molecule has 2 aromatic heterocycles. The molecular weight excluding hydrogens is 525 g/mol. The van der Waals surface area contributed by atoms with E-state index in [-0.39, 0.29) is 23.8 Å². The van der Waals surface area contributed by atoms with Gasteiger partial charge in [0.2, 0.25) is 5.88 Å². The van der Waals surface area contributed by atoms with Gasteiger partial charge in [-0.05, 0) is 54.7 Å². The van der Waals surface area contributed by atoms with Gasteiger partial charge in [-0.15, -0.1) is 0 Å². The van der Waals surface area contributed by atoms with Crippen LogP contribution >= 0.6 is 0 Å². The lowest BCUT2D eigenvalue weighted by atomic mass is 10.1. The van der Waals surface area contributed by atoms with Crippen molar-refractivity contribution in [3.05, 3.63) is 88.6 Å². The van der Waals surface area contributed by atoms with E-state index in [9.17, 15) is 14.3 Å². The molecule has 4 heterocycles. The van der Waals surface area contributed by atoms with Gasteiger partial charge in [0, 0.05) is 42.9 Å². The minimum Gasteiger partial charge on any atom is -0.478 e. The number of piperidine rings is 1. The Labute approximate surface area is 235 Å². The van der Waals surface area contributed by atoms with E-state index in [4.69, 9.17) is 24.7 Å². The SMILES string of the molecule is N#Cc1ccc(COc2cccc(C3[C@H]4CN(Cc5nc6ccc(C(=O)O)cc6n5C[C@@H]5CCO5)C[C@@H]34)n2)c(F)c1. The summed E-state index contributed by atoms with van der Waals surface area (Å²) in [5.74, 6) is 1.34. The highest BCUT2D eigenvalue weighted by molar-refractivity contribution is 5.92. The van der Waals surface area contributed by atoms with Crippen molar-refractivity contribution in [2.75, 3.05) is 19.7 Å². The molecule has 1 saturated carbocycles. The van der Waals surface area contributed by atoms with Gasteiger partial charge in [-0.3, -0.25) is 4.90 Å². The lowest BCUT2D eigenvalue weighted by Gasteiger charge is -2.28. The van der Waals surface area contributed by atoms with Crippen LogP contribution in [0.3, 0.4) is 0 Å². The van der Waals surface area contributed by atoms with Gasteiger partial charge in [-0.1, -0.05) is 12.1 Å². The van der Waals surface area contributed by atoms with Crippen LogP contribution in [0.2, 0.25) is 0 Å². The topological polar surface area (TPSA) is 114 Å². The van der Waals surface area contributed by atoms with Crippen molar-refractivity contribution in [2.24, 2.45) is 11.8 Å². The Morgan fingerprint density at radius 1 is 1.15 bits per heavy atom. The fourth-order valence-corrected chi connectivity index (χ4v) is 6.23. The third kappa shape index (κ3) is 4.92. The molecule has 2 aromatic carbocycles. The summed E-state index contributed by atoms with van der Waals surface area (Å²) in [5.41, 5.74) is 3.54. The molecule has 0 amide bonds. The summed E-state index contributed by atoms with van der Waals surface area (Å²) in [6.07, 6.45) is 1.12. The first-order valence-electron chi connectivity index (χ1n) is 13.8. The third-order valence-electron chi connectivity index (χ3n) is 8.53. The normalized spacial score (nSPS) is 23.1. The highest BCUT2D eigenvalue weighted by Crippen LogP contribution is 2.58. The van der Waals surface area contributed by atoms with Gasteiger partial charge in [0.15, 0.2) is 0 Å². The first kappa shape index (κ1) is 25.6. The average Bonchev–Trinajstić information content (AvgIpc) is 3.27. The molecule has 1 aliphatic carbocycles. The summed E-state index contributed by atoms with van der Waals surface area (Å²) in [5, 5.41) is 18.4. The van der Waals surface area contributed by atoms with Crippen LogP contribution in [0.5, 0.6) is 5.88 Å². The zero-order chi connectivity index (χ0) is 28.1. The van der Waals surface area contributed by atoms with E-state index in [1.165, 1.54) is 6.07 Å². The number of carbonyl (C=O) groups is 1. The first-order chi connectivity index (χ1) is 20.0. The van der Waals surface area contributed by atoms with E-state index in [1.54, 1.807) is 36.4 Å². The Bertz CT molecular complexity index is 1680. The second-order valence-corrected chi connectivity index (χ2v) is 11.1. The number of aromatic carboxylic acids is 1. The van der Waals surface area contributed by atoms with Gasteiger partial charge in [-0.25, -0.2) is 19.2 Å².